The molecular weight excluding hydrogens is 240 g/mol. The predicted octanol–water partition coefficient (Wildman–Crippen LogP) is -0.418. The fourth-order valence-electron chi connectivity index (χ4n) is 2.80. The summed E-state index contributed by atoms with van der Waals surface area (Å²) in [4.78, 5) is 4.87. The summed E-state index contributed by atoms with van der Waals surface area (Å²) in [5, 5.41) is 11.9. The molecule has 108 valence electrons. The van der Waals surface area contributed by atoms with Crippen LogP contribution in [-0.4, -0.2) is 77.2 Å². The van der Waals surface area contributed by atoms with Gasteiger partial charge in [-0.2, -0.15) is 0 Å². The minimum Gasteiger partial charge on any atom is -0.312 e. The second kappa shape index (κ2) is 6.45. The summed E-state index contributed by atoms with van der Waals surface area (Å²) in [5.74, 6) is 0. The first-order chi connectivity index (χ1) is 9.10. The van der Waals surface area contributed by atoms with E-state index >= 15 is 0 Å². The van der Waals surface area contributed by atoms with Gasteiger partial charge >= 0.3 is 0 Å². The van der Waals surface area contributed by atoms with E-state index in [1.54, 1.807) is 4.68 Å². The number of hydrogen-bond donors (Lipinski definition) is 1. The lowest BCUT2D eigenvalue weighted by molar-refractivity contribution is 0.0878. The van der Waals surface area contributed by atoms with E-state index < -0.39 is 0 Å². The molecular formula is C13H26N6. The van der Waals surface area contributed by atoms with Crippen molar-refractivity contribution in [3.8, 4) is 0 Å². The zero-order chi connectivity index (χ0) is 13.8. The van der Waals surface area contributed by atoms with Crippen molar-refractivity contribution in [2.24, 2.45) is 7.05 Å². The lowest BCUT2D eigenvalue weighted by Gasteiger charge is -2.42. The van der Waals surface area contributed by atoms with E-state index in [0.717, 1.165) is 38.3 Å². The first-order valence-electron chi connectivity index (χ1n) is 7.07. The fourth-order valence-corrected chi connectivity index (χ4v) is 2.80. The highest BCUT2D eigenvalue weighted by Gasteiger charge is 2.29. The van der Waals surface area contributed by atoms with Crippen molar-refractivity contribution in [3.05, 3.63) is 11.9 Å². The molecule has 1 N–H and O–H groups in total. The summed E-state index contributed by atoms with van der Waals surface area (Å²) in [6.45, 7) is 6.53. The third-order valence-electron chi connectivity index (χ3n) is 3.91. The molecule has 2 heterocycles. The second-order valence-corrected chi connectivity index (χ2v) is 5.56. The van der Waals surface area contributed by atoms with E-state index in [0.29, 0.717) is 12.1 Å². The van der Waals surface area contributed by atoms with Gasteiger partial charge in [-0.1, -0.05) is 12.1 Å². The minimum absolute atomic E-state index is 0.425. The van der Waals surface area contributed by atoms with E-state index in [1.165, 1.54) is 0 Å². The van der Waals surface area contributed by atoms with Gasteiger partial charge in [0.1, 0.15) is 0 Å². The number of nitrogens with one attached hydrogen (secondary N) is 1. The normalized spacial score (nSPS) is 23.7. The van der Waals surface area contributed by atoms with E-state index in [9.17, 15) is 0 Å². The molecule has 0 aliphatic carbocycles. The molecule has 2 atom stereocenters. The van der Waals surface area contributed by atoms with Gasteiger partial charge in [0.2, 0.25) is 0 Å². The molecule has 0 aromatic carbocycles. The second-order valence-electron chi connectivity index (χ2n) is 5.56. The van der Waals surface area contributed by atoms with E-state index in [2.05, 4.69) is 46.4 Å². The number of piperazine rings is 1. The van der Waals surface area contributed by atoms with Gasteiger partial charge in [0.05, 0.1) is 5.69 Å². The highest BCUT2D eigenvalue weighted by molar-refractivity contribution is 5.00. The van der Waals surface area contributed by atoms with Crippen molar-refractivity contribution in [1.29, 1.82) is 0 Å². The van der Waals surface area contributed by atoms with Crippen molar-refractivity contribution >= 4 is 0 Å². The molecule has 1 aromatic rings. The summed E-state index contributed by atoms with van der Waals surface area (Å²) in [5.41, 5.74) is 1.06. The maximum Gasteiger partial charge on any atom is 0.0843 e. The SMILES string of the molecule is CCNC(Cc1cn(C)nn1)C1CN(C)CCN1C. The number of likely N-dealkylation sites (N-methyl/N-ethyl adjacent to an activating group) is 3. The lowest BCUT2D eigenvalue weighted by Crippen LogP contribution is -2.59. The minimum atomic E-state index is 0.425. The van der Waals surface area contributed by atoms with Crippen molar-refractivity contribution in [3.63, 3.8) is 0 Å². The van der Waals surface area contributed by atoms with Gasteiger partial charge in [-0.05, 0) is 20.6 Å². The van der Waals surface area contributed by atoms with Crippen LogP contribution >= 0.6 is 0 Å². The van der Waals surface area contributed by atoms with E-state index in [-0.39, 0.29) is 0 Å². The monoisotopic (exact) mass is 266 g/mol. The smallest absolute Gasteiger partial charge is 0.0843 e. The summed E-state index contributed by atoms with van der Waals surface area (Å²) >= 11 is 0. The Morgan fingerprint density at radius 1 is 1.37 bits per heavy atom. The van der Waals surface area contributed by atoms with Crippen LogP contribution in [-0.2, 0) is 13.5 Å². The van der Waals surface area contributed by atoms with Gasteiger partial charge in [0, 0.05) is 51.4 Å². The molecule has 1 aliphatic rings. The molecule has 19 heavy (non-hydrogen) atoms. The summed E-state index contributed by atoms with van der Waals surface area (Å²) in [6, 6.07) is 0.954. The number of nitrogens with zero attached hydrogens (tertiary/aromatic N) is 5. The van der Waals surface area contributed by atoms with Crippen molar-refractivity contribution < 1.29 is 0 Å². The van der Waals surface area contributed by atoms with Crippen LogP contribution in [0.2, 0.25) is 0 Å². The number of hydrogen-bond acceptors (Lipinski definition) is 5. The molecule has 2 rings (SSSR count). The maximum absolute atomic E-state index is 4.22. The number of aromatic nitrogens is 3. The van der Waals surface area contributed by atoms with E-state index in [1.807, 2.05) is 13.2 Å². The van der Waals surface area contributed by atoms with Crippen molar-refractivity contribution in [2.75, 3.05) is 40.3 Å². The topological polar surface area (TPSA) is 49.2 Å². The largest absolute Gasteiger partial charge is 0.312 e. The quantitative estimate of drug-likeness (QED) is 0.784. The Hall–Kier alpha value is -0.980. The van der Waals surface area contributed by atoms with Gasteiger partial charge in [-0.25, -0.2) is 0 Å². The molecule has 0 saturated carbocycles. The first-order valence-corrected chi connectivity index (χ1v) is 7.07. The molecule has 1 saturated heterocycles. The van der Waals surface area contributed by atoms with Crippen LogP contribution in [0.4, 0.5) is 0 Å². The van der Waals surface area contributed by atoms with Gasteiger partial charge < -0.3 is 10.2 Å². The molecule has 0 spiro atoms. The Kier molecular flexibility index (Phi) is 4.90. The molecule has 1 aromatic heterocycles. The summed E-state index contributed by atoms with van der Waals surface area (Å²) in [6.07, 6.45) is 2.95. The maximum atomic E-state index is 4.22. The van der Waals surface area contributed by atoms with E-state index in [4.69, 9.17) is 0 Å². The highest BCUT2D eigenvalue weighted by Crippen LogP contribution is 2.13. The average Bonchev–Trinajstić information content (AvgIpc) is 2.77. The summed E-state index contributed by atoms with van der Waals surface area (Å²) < 4.78 is 1.77. The van der Waals surface area contributed by atoms with Crippen LogP contribution in [0.1, 0.15) is 12.6 Å². The Bertz CT molecular complexity index is 390. The standard InChI is InChI=1S/C13H26N6/c1-5-14-12(8-11-9-19(4)16-15-11)13-10-17(2)6-7-18(13)3/h9,12-14H,5-8,10H2,1-4H3. The zero-order valence-corrected chi connectivity index (χ0v) is 12.5. The van der Waals surface area contributed by atoms with Gasteiger partial charge in [-0.15, -0.1) is 5.10 Å². The third kappa shape index (κ3) is 3.75. The molecule has 6 heteroatoms. The van der Waals surface area contributed by atoms with Crippen LogP contribution in [0.25, 0.3) is 0 Å². The molecule has 0 bridgehead atoms. The number of aryl methyl sites for hydroxylation is 1. The fraction of sp³-hybridized carbons (Fsp3) is 0.846. The van der Waals surface area contributed by atoms with Crippen LogP contribution in [0.15, 0.2) is 6.20 Å². The Morgan fingerprint density at radius 3 is 2.79 bits per heavy atom. The third-order valence-corrected chi connectivity index (χ3v) is 3.91. The average molecular weight is 266 g/mol. The molecule has 6 nitrogen and oxygen atoms in total. The first kappa shape index (κ1) is 14.4. The molecule has 0 radical (unpaired) electrons. The van der Waals surface area contributed by atoms with Gasteiger partial charge in [0.15, 0.2) is 0 Å². The van der Waals surface area contributed by atoms with Crippen molar-refractivity contribution in [2.45, 2.75) is 25.4 Å². The van der Waals surface area contributed by atoms with Crippen LogP contribution in [0, 0.1) is 0 Å². The molecule has 1 aliphatic heterocycles. The van der Waals surface area contributed by atoms with Crippen LogP contribution in [0.5, 0.6) is 0 Å². The lowest BCUT2D eigenvalue weighted by atomic mass is 9.99. The molecule has 2 unspecified atom stereocenters. The number of rotatable bonds is 5. The highest BCUT2D eigenvalue weighted by atomic mass is 15.4. The molecule has 1 fully saturated rings. The predicted molar refractivity (Wildman–Crippen MR) is 76.1 cm³/mol. The Balaban J connectivity index is 2.05. The summed E-state index contributed by atoms with van der Waals surface area (Å²) in [7, 11) is 6.34. The Morgan fingerprint density at radius 2 is 2.16 bits per heavy atom. The zero-order valence-electron chi connectivity index (χ0n) is 12.5. The van der Waals surface area contributed by atoms with Gasteiger partial charge in [-0.3, -0.25) is 9.58 Å². The molecule has 0 amide bonds. The van der Waals surface area contributed by atoms with Crippen LogP contribution in [0.3, 0.4) is 0 Å². The Labute approximate surface area is 115 Å². The van der Waals surface area contributed by atoms with Crippen LogP contribution < -0.4 is 5.32 Å². The van der Waals surface area contributed by atoms with Gasteiger partial charge in [0.25, 0.3) is 0 Å². The van der Waals surface area contributed by atoms with Crippen molar-refractivity contribution in [1.82, 2.24) is 30.1 Å².